The third-order valence-corrected chi connectivity index (χ3v) is 1.58. The van der Waals surface area contributed by atoms with Crippen LogP contribution in [0.1, 0.15) is 6.42 Å². The molecule has 0 atom stereocenters. The van der Waals surface area contributed by atoms with Crippen molar-refractivity contribution in [2.24, 2.45) is 0 Å². The Morgan fingerprint density at radius 1 is 1.44 bits per heavy atom. The largest absolute Gasteiger partial charge is 0.486 e. The summed E-state index contributed by atoms with van der Waals surface area (Å²) in [6, 6.07) is 0. The second-order valence-electron chi connectivity index (χ2n) is 2.82. The van der Waals surface area contributed by atoms with E-state index in [2.05, 4.69) is 9.97 Å². The van der Waals surface area contributed by atoms with Crippen molar-refractivity contribution < 1.29 is 22.6 Å². The summed E-state index contributed by atoms with van der Waals surface area (Å²) in [5, 5.41) is 0. The molecule has 0 aliphatic rings. The highest BCUT2D eigenvalue weighted by molar-refractivity contribution is 5.35. The van der Waals surface area contributed by atoms with Gasteiger partial charge in [0, 0.05) is 0 Å². The minimum absolute atomic E-state index is 0.00896. The van der Waals surface area contributed by atoms with E-state index in [4.69, 9.17) is 15.2 Å². The fraction of sp³-hybridized carbons (Fsp3) is 0.500. The second-order valence-corrected chi connectivity index (χ2v) is 2.82. The molecule has 0 unspecified atom stereocenters. The van der Waals surface area contributed by atoms with Crippen LogP contribution in [0.3, 0.4) is 0 Å². The van der Waals surface area contributed by atoms with E-state index in [0.29, 0.717) is 0 Å². The zero-order chi connectivity index (χ0) is 12.2. The molecule has 0 saturated carbocycles. The number of ether oxygens (including phenoxy) is 2. The van der Waals surface area contributed by atoms with Gasteiger partial charge in [-0.2, -0.15) is 18.2 Å². The minimum Gasteiger partial charge on any atom is -0.486 e. The van der Waals surface area contributed by atoms with Gasteiger partial charge < -0.3 is 15.2 Å². The molecule has 5 nitrogen and oxygen atoms in total. The zero-order valence-electron chi connectivity index (χ0n) is 8.41. The van der Waals surface area contributed by atoms with Crippen molar-refractivity contribution in [3.8, 4) is 11.6 Å². The van der Waals surface area contributed by atoms with Crippen LogP contribution in [0, 0.1) is 0 Å². The molecule has 0 aliphatic carbocycles. The van der Waals surface area contributed by atoms with Crippen molar-refractivity contribution >= 4 is 5.95 Å². The van der Waals surface area contributed by atoms with Crippen LogP contribution in [0.5, 0.6) is 11.6 Å². The lowest BCUT2D eigenvalue weighted by Gasteiger charge is -2.10. The van der Waals surface area contributed by atoms with E-state index in [0.717, 1.165) is 6.20 Å². The first-order valence-electron chi connectivity index (χ1n) is 4.28. The van der Waals surface area contributed by atoms with Crippen molar-refractivity contribution in [2.45, 2.75) is 12.6 Å². The molecule has 0 fully saturated rings. The molecule has 1 heterocycles. The van der Waals surface area contributed by atoms with E-state index in [1.165, 1.54) is 7.11 Å². The van der Waals surface area contributed by atoms with Gasteiger partial charge >= 0.3 is 6.18 Å². The van der Waals surface area contributed by atoms with Crippen LogP contribution in [0.15, 0.2) is 6.20 Å². The number of methoxy groups -OCH3 is 1. The number of hydrogen-bond acceptors (Lipinski definition) is 5. The fourth-order valence-electron chi connectivity index (χ4n) is 0.890. The molecule has 0 aromatic carbocycles. The third kappa shape index (κ3) is 3.79. The number of nitrogen functional groups attached to an aromatic ring is 1. The number of alkyl halides is 3. The van der Waals surface area contributed by atoms with Gasteiger partial charge in [-0.15, -0.1) is 0 Å². The number of anilines is 1. The quantitative estimate of drug-likeness (QED) is 0.857. The molecule has 0 amide bonds. The SMILES string of the molecule is COc1nc(N)ncc1OCCC(F)(F)F. The molecule has 16 heavy (non-hydrogen) atoms. The molecule has 0 bridgehead atoms. The van der Waals surface area contributed by atoms with Gasteiger partial charge in [-0.25, -0.2) is 4.98 Å². The standard InChI is InChI=1S/C8H10F3N3O2/c1-15-6-5(4-13-7(12)14-6)16-3-2-8(9,10)11/h4H,2-3H2,1H3,(H2,12,13,14). The Morgan fingerprint density at radius 2 is 2.12 bits per heavy atom. The highest BCUT2D eigenvalue weighted by Gasteiger charge is 2.27. The smallest absolute Gasteiger partial charge is 0.392 e. The number of rotatable bonds is 4. The molecule has 1 aromatic heterocycles. The third-order valence-electron chi connectivity index (χ3n) is 1.58. The summed E-state index contributed by atoms with van der Waals surface area (Å²) < 4.78 is 45.1. The zero-order valence-corrected chi connectivity index (χ0v) is 8.41. The van der Waals surface area contributed by atoms with Crippen LogP contribution >= 0.6 is 0 Å². The molecule has 8 heteroatoms. The monoisotopic (exact) mass is 237 g/mol. The van der Waals surface area contributed by atoms with E-state index in [9.17, 15) is 13.2 Å². The van der Waals surface area contributed by atoms with Crippen LogP contribution in [0.4, 0.5) is 19.1 Å². The summed E-state index contributed by atoms with van der Waals surface area (Å²) in [6.07, 6.45) is -4.15. The molecular formula is C8H10F3N3O2. The molecule has 0 spiro atoms. The average molecular weight is 237 g/mol. The first-order chi connectivity index (χ1) is 7.42. The van der Waals surface area contributed by atoms with Crippen molar-refractivity contribution in [1.82, 2.24) is 9.97 Å². The number of hydrogen-bond donors (Lipinski definition) is 1. The van der Waals surface area contributed by atoms with Crippen LogP contribution in [0.2, 0.25) is 0 Å². The van der Waals surface area contributed by atoms with E-state index in [-0.39, 0.29) is 17.6 Å². The van der Waals surface area contributed by atoms with E-state index in [1.54, 1.807) is 0 Å². The Morgan fingerprint density at radius 3 is 2.69 bits per heavy atom. The van der Waals surface area contributed by atoms with Crippen LogP contribution < -0.4 is 15.2 Å². The fourth-order valence-corrected chi connectivity index (χ4v) is 0.890. The Kier molecular flexibility index (Phi) is 3.75. The first kappa shape index (κ1) is 12.3. The maximum Gasteiger partial charge on any atom is 0.392 e. The minimum atomic E-state index is -4.26. The van der Waals surface area contributed by atoms with Gasteiger partial charge in [0.2, 0.25) is 5.95 Å². The van der Waals surface area contributed by atoms with E-state index >= 15 is 0 Å². The van der Waals surface area contributed by atoms with E-state index in [1.807, 2.05) is 0 Å². The molecule has 1 aromatic rings. The average Bonchev–Trinajstić information content (AvgIpc) is 2.18. The summed E-state index contributed by atoms with van der Waals surface area (Å²) in [4.78, 5) is 7.23. The van der Waals surface area contributed by atoms with Gasteiger partial charge in [0.1, 0.15) is 0 Å². The summed E-state index contributed by atoms with van der Waals surface area (Å²) in [5.41, 5.74) is 5.26. The Balaban J connectivity index is 2.60. The highest BCUT2D eigenvalue weighted by Crippen LogP contribution is 2.25. The van der Waals surface area contributed by atoms with Crippen LogP contribution in [0.25, 0.3) is 0 Å². The highest BCUT2D eigenvalue weighted by atomic mass is 19.4. The lowest BCUT2D eigenvalue weighted by atomic mass is 10.4. The molecule has 0 aliphatic heterocycles. The maximum atomic E-state index is 11.8. The molecule has 0 saturated heterocycles. The van der Waals surface area contributed by atoms with Gasteiger partial charge in [-0.3, -0.25) is 0 Å². The molecule has 0 radical (unpaired) electrons. The summed E-state index contributed by atoms with van der Waals surface area (Å²) >= 11 is 0. The van der Waals surface area contributed by atoms with Gasteiger partial charge in [0.05, 0.1) is 26.3 Å². The van der Waals surface area contributed by atoms with Crippen molar-refractivity contribution in [3.05, 3.63) is 6.20 Å². The predicted molar refractivity (Wildman–Crippen MR) is 49.2 cm³/mol. The molecule has 2 N–H and O–H groups in total. The van der Waals surface area contributed by atoms with Crippen molar-refractivity contribution in [3.63, 3.8) is 0 Å². The summed E-state index contributed by atoms with van der Waals surface area (Å²) in [6.45, 7) is -0.521. The number of nitrogens with two attached hydrogens (primary N) is 1. The number of nitrogens with zero attached hydrogens (tertiary/aromatic N) is 2. The van der Waals surface area contributed by atoms with Gasteiger partial charge in [-0.1, -0.05) is 0 Å². The van der Waals surface area contributed by atoms with Crippen molar-refractivity contribution in [2.75, 3.05) is 19.5 Å². The van der Waals surface area contributed by atoms with Crippen LogP contribution in [-0.2, 0) is 0 Å². The number of halogens is 3. The summed E-state index contributed by atoms with van der Waals surface area (Å²) in [7, 11) is 1.30. The Bertz CT molecular complexity index is 357. The van der Waals surface area contributed by atoms with Gasteiger partial charge in [-0.05, 0) is 0 Å². The topological polar surface area (TPSA) is 70.3 Å². The van der Waals surface area contributed by atoms with Gasteiger partial charge in [0.15, 0.2) is 5.75 Å². The van der Waals surface area contributed by atoms with Gasteiger partial charge in [0.25, 0.3) is 5.88 Å². The number of aromatic nitrogens is 2. The van der Waals surface area contributed by atoms with E-state index < -0.39 is 19.2 Å². The Labute approximate surface area is 89.4 Å². The first-order valence-corrected chi connectivity index (χ1v) is 4.28. The lowest BCUT2D eigenvalue weighted by molar-refractivity contribution is -0.139. The molecule has 90 valence electrons. The van der Waals surface area contributed by atoms with Crippen LogP contribution in [-0.4, -0.2) is 29.9 Å². The molecular weight excluding hydrogens is 227 g/mol. The Hall–Kier alpha value is -1.73. The second kappa shape index (κ2) is 4.86. The molecule has 1 rings (SSSR count). The normalized spacial score (nSPS) is 11.2. The predicted octanol–water partition coefficient (Wildman–Crippen LogP) is 1.40. The lowest BCUT2D eigenvalue weighted by Crippen LogP contribution is -2.13. The maximum absolute atomic E-state index is 11.8. The van der Waals surface area contributed by atoms with Crippen molar-refractivity contribution in [1.29, 1.82) is 0 Å². The summed E-state index contributed by atoms with van der Waals surface area (Å²) in [5.74, 6) is -0.00403.